The molecule has 0 saturated carbocycles. The van der Waals surface area contributed by atoms with Gasteiger partial charge in [-0.1, -0.05) is 334 Å². The lowest BCUT2D eigenvalue weighted by molar-refractivity contribution is 1.14. The molecule has 0 spiro atoms. The van der Waals surface area contributed by atoms with E-state index in [9.17, 15) is 0 Å². The summed E-state index contributed by atoms with van der Waals surface area (Å²) in [6.07, 6.45) is 0. The second-order valence-corrected chi connectivity index (χ2v) is 38.1. The maximum absolute atomic E-state index is 2.50. The zero-order valence-corrected chi connectivity index (χ0v) is 78.8. The van der Waals surface area contributed by atoms with Crippen molar-refractivity contribution in [3.63, 3.8) is 0 Å². The Hall–Kier alpha value is -19.5. The number of hydrogen-bond donors (Lipinski definition) is 0. The van der Waals surface area contributed by atoms with Crippen molar-refractivity contribution in [3.8, 4) is 62.3 Å². The van der Waals surface area contributed by atoms with Crippen LogP contribution in [0.15, 0.2) is 528 Å². The number of aromatic nitrogens is 9. The smallest absolute Gasteiger partial charge is 0.0641 e. The van der Waals surface area contributed by atoms with E-state index in [2.05, 4.69) is 569 Å². The number of para-hydroxylation sites is 13. The summed E-state index contributed by atoms with van der Waals surface area (Å²) in [7, 11) is 0. The van der Waals surface area contributed by atoms with Gasteiger partial charge < -0.3 is 41.1 Å². The molecule has 0 atom stereocenters. The van der Waals surface area contributed by atoms with Crippen LogP contribution in [0.5, 0.6) is 0 Å². The lowest BCUT2D eigenvalue weighted by Crippen LogP contribution is -1.97. The van der Waals surface area contributed by atoms with Crippen molar-refractivity contribution < 1.29 is 0 Å². The zero-order chi connectivity index (χ0) is 95.0. The first-order chi connectivity index (χ1) is 72.0. The second kappa shape index (κ2) is 32.6. The van der Waals surface area contributed by atoms with Gasteiger partial charge in [-0.25, -0.2) is 0 Å². The molecule has 9 heteroatoms. The maximum atomic E-state index is 2.50. The van der Waals surface area contributed by atoms with Gasteiger partial charge in [0.05, 0.1) is 105 Å². The van der Waals surface area contributed by atoms with E-state index >= 15 is 0 Å². The van der Waals surface area contributed by atoms with Crippen LogP contribution < -0.4 is 0 Å². The molecule has 145 heavy (non-hydrogen) atoms. The molecule has 0 amide bonds. The van der Waals surface area contributed by atoms with E-state index in [1.807, 2.05) is 0 Å². The Labute approximate surface area is 832 Å². The summed E-state index contributed by atoms with van der Waals surface area (Å²) in [4.78, 5) is 0. The van der Waals surface area contributed by atoms with Crippen molar-refractivity contribution in [3.05, 3.63) is 528 Å². The Bertz CT molecular complexity index is 10700. The highest BCUT2D eigenvalue weighted by atomic mass is 15.1. The van der Waals surface area contributed by atoms with Crippen LogP contribution in [0.1, 0.15) is 0 Å². The molecule has 23 aromatic carbocycles. The first kappa shape index (κ1) is 81.5. The Morgan fingerprint density at radius 1 is 0.0966 bits per heavy atom. The SMILES string of the molecule is c1ccc(-c2ccc(-n3c4ccccc4c4ccc5c(c6ccccc6n5-c5ccc(-n6c7ccccc7c7ccccc76)cc5)c43)cc2)cc1.c1ccc(-n2c3ccccc3c3ccc4c(c5ccccc5n4-c4ccc(-n5c6ccccc6c6ccccc65)cc4)c32)cc1.c1ccc2c(-n3c4ccccc4c4ccc5c(c6ccccc6n5-c5ccc(-n6c7ccccc7c7ccccc76)cc5)c43)cccc2c1. The maximum Gasteiger partial charge on any atom is 0.0641 e. The molecule has 0 radical (unpaired) electrons. The van der Waals surface area contributed by atoms with Gasteiger partial charge in [-0.3, -0.25) is 0 Å². The fraction of sp³-hybridized carbons (Fsp3) is 0. The van der Waals surface area contributed by atoms with Crippen LogP contribution in [0.2, 0.25) is 0 Å². The molecule has 32 aromatic rings. The topological polar surface area (TPSA) is 44.4 Å². The van der Waals surface area contributed by atoms with E-state index in [1.165, 1.54) is 230 Å². The van der Waals surface area contributed by atoms with E-state index in [4.69, 9.17) is 0 Å². The van der Waals surface area contributed by atoms with Crippen molar-refractivity contribution in [2.75, 3.05) is 0 Å². The Morgan fingerprint density at radius 3 is 0.600 bits per heavy atom. The molecule has 0 N–H and O–H groups in total. The van der Waals surface area contributed by atoms with Gasteiger partial charge >= 0.3 is 0 Å². The van der Waals surface area contributed by atoms with Crippen LogP contribution in [0.3, 0.4) is 0 Å². The Morgan fingerprint density at radius 2 is 0.290 bits per heavy atom. The van der Waals surface area contributed by atoms with Crippen LogP contribution in [0.25, 0.3) is 269 Å². The minimum Gasteiger partial charge on any atom is -0.309 e. The summed E-state index contributed by atoms with van der Waals surface area (Å²) >= 11 is 0. The predicted octanol–water partition coefficient (Wildman–Crippen LogP) is 35.8. The molecule has 0 unspecified atom stereocenters. The predicted molar refractivity (Wildman–Crippen MR) is 611 cm³/mol. The highest BCUT2D eigenvalue weighted by Crippen LogP contribution is 2.49. The lowest BCUT2D eigenvalue weighted by Gasteiger charge is -2.13. The highest BCUT2D eigenvalue weighted by Gasteiger charge is 2.28. The molecule has 32 rings (SSSR count). The lowest BCUT2D eigenvalue weighted by atomic mass is 10.1. The molecule has 0 aliphatic heterocycles. The summed E-state index contributed by atoms with van der Waals surface area (Å²) in [5.74, 6) is 0. The van der Waals surface area contributed by atoms with E-state index in [0.717, 1.165) is 39.8 Å². The van der Waals surface area contributed by atoms with Gasteiger partial charge in [0.15, 0.2) is 0 Å². The van der Waals surface area contributed by atoms with Gasteiger partial charge in [0.1, 0.15) is 0 Å². The molecule has 0 saturated heterocycles. The summed E-state index contributed by atoms with van der Waals surface area (Å²) in [6.45, 7) is 0. The van der Waals surface area contributed by atoms with Crippen molar-refractivity contribution in [1.29, 1.82) is 0 Å². The van der Waals surface area contributed by atoms with Gasteiger partial charge in [-0.15, -0.1) is 0 Å². The number of fused-ring (bicyclic) bond motifs is 31. The highest BCUT2D eigenvalue weighted by molar-refractivity contribution is 6.30. The monoisotopic (exact) mass is 1850 g/mol. The first-order valence-electron chi connectivity index (χ1n) is 49.9. The van der Waals surface area contributed by atoms with Crippen LogP contribution in [0, 0.1) is 0 Å². The van der Waals surface area contributed by atoms with Gasteiger partial charge in [0.2, 0.25) is 0 Å². The van der Waals surface area contributed by atoms with Crippen molar-refractivity contribution in [1.82, 2.24) is 41.1 Å². The van der Waals surface area contributed by atoms with Crippen LogP contribution >= 0.6 is 0 Å². The van der Waals surface area contributed by atoms with E-state index in [0.29, 0.717) is 0 Å². The van der Waals surface area contributed by atoms with Gasteiger partial charge in [-0.05, 0) is 211 Å². The van der Waals surface area contributed by atoms with Gasteiger partial charge in [0, 0.05) is 148 Å². The average molecular weight is 1850 g/mol. The van der Waals surface area contributed by atoms with Crippen molar-refractivity contribution in [2.45, 2.75) is 0 Å². The molecule has 0 aliphatic carbocycles. The third kappa shape index (κ3) is 12.4. The number of nitrogens with zero attached hydrogens (tertiary/aromatic N) is 9. The van der Waals surface area contributed by atoms with Crippen molar-refractivity contribution >= 4 is 207 Å². The molecule has 676 valence electrons. The van der Waals surface area contributed by atoms with Crippen LogP contribution in [-0.4, -0.2) is 41.1 Å². The molecular weight excluding hydrogens is 1760 g/mol. The van der Waals surface area contributed by atoms with E-state index < -0.39 is 0 Å². The Kier molecular flexibility index (Phi) is 18.3. The minimum atomic E-state index is 1.14. The van der Waals surface area contributed by atoms with Gasteiger partial charge in [-0.2, -0.15) is 0 Å². The van der Waals surface area contributed by atoms with Crippen LogP contribution in [0.4, 0.5) is 0 Å². The molecule has 0 fully saturated rings. The summed E-state index contributed by atoms with van der Waals surface area (Å²) in [5.41, 5.74) is 34.7. The van der Waals surface area contributed by atoms with Crippen LogP contribution in [-0.2, 0) is 0 Å². The molecule has 0 aliphatic rings. The zero-order valence-electron chi connectivity index (χ0n) is 78.8. The largest absolute Gasteiger partial charge is 0.309 e. The Balaban J connectivity index is 0.000000101. The second-order valence-electron chi connectivity index (χ2n) is 38.1. The average Bonchev–Trinajstić information content (AvgIpc) is 1.55. The number of benzene rings is 23. The quantitative estimate of drug-likeness (QED) is 0.131. The van der Waals surface area contributed by atoms with Crippen molar-refractivity contribution in [2.24, 2.45) is 0 Å². The third-order valence-electron chi connectivity index (χ3n) is 30.5. The third-order valence-corrected chi connectivity index (χ3v) is 30.5. The summed E-state index contributed by atoms with van der Waals surface area (Å²) in [5, 5.41) is 25.3. The first-order valence-corrected chi connectivity index (χ1v) is 49.9. The molecule has 0 bridgehead atoms. The molecular formula is C136H87N9. The summed E-state index contributed by atoms with van der Waals surface area (Å²) < 4.78 is 21.8. The number of hydrogen-bond acceptors (Lipinski definition) is 0. The van der Waals surface area contributed by atoms with E-state index in [-0.39, 0.29) is 0 Å². The molecule has 9 heterocycles. The molecule has 9 nitrogen and oxygen atoms in total. The van der Waals surface area contributed by atoms with Gasteiger partial charge in [0.25, 0.3) is 0 Å². The molecule has 9 aromatic heterocycles. The normalized spacial score (nSPS) is 12.0. The standard InChI is InChI=1S/C48H31N3.C46H29N3.C42H27N3/c1-2-12-32(13-3-1)33-22-24-36(25-23-33)51-44-20-10-6-16-39(44)40-30-31-46-47(48(40)51)41-17-7-11-21-45(41)50(46)35-28-26-34(27-29-35)49-42-18-8-4-14-37(42)38-15-5-9-19-43(38)49;1-2-14-33-30(12-1)13-11-23-39(33)49-42-21-9-5-17-36(42)37-28-29-44-45(46(37)49)38-18-6-10-22-43(38)48(44)32-26-24-31(25-27-32)47-40-19-7-3-15-34(40)35-16-4-8-20-41(35)47;1-2-12-28(13-3-1)45-38-20-10-6-16-33(38)34-26-27-40-41(42(34)45)35-17-7-11-21-39(35)44(40)30-24-22-29(23-25-30)43-36-18-8-4-14-31(36)32-15-5-9-19-37(32)43/h1-31H;1-29H;1-27H. The summed E-state index contributed by atoms with van der Waals surface area (Å²) in [6, 6.07) is 192. The van der Waals surface area contributed by atoms with E-state index in [1.54, 1.807) is 0 Å². The minimum absolute atomic E-state index is 1.14. The fourth-order valence-corrected chi connectivity index (χ4v) is 24.4. The fourth-order valence-electron chi connectivity index (χ4n) is 24.4. The number of rotatable bonds is 10.